The lowest BCUT2D eigenvalue weighted by molar-refractivity contribution is -0.327. The van der Waals surface area contributed by atoms with E-state index < -0.39 is 36.1 Å². The Kier molecular flexibility index (Phi) is 3.04. The molecule has 0 unspecified atom stereocenters. The zero-order valence-corrected chi connectivity index (χ0v) is 9.58. The Morgan fingerprint density at radius 3 is 2.58 bits per heavy atom. The molecule has 2 rings (SSSR count). The van der Waals surface area contributed by atoms with Crippen LogP contribution in [0.4, 0.5) is 13.6 Å². The summed E-state index contributed by atoms with van der Waals surface area (Å²) in [5.41, 5.74) is 5.10. The van der Waals surface area contributed by atoms with Crippen LogP contribution >= 0.6 is 0 Å². The minimum atomic E-state index is -4.50. The topological polar surface area (TPSA) is 113 Å². The molecule has 8 nitrogen and oxygen atoms in total. The number of carboxylic acid groups (broad SMARTS) is 1. The number of carbonyl (C=O) groups is 3. The summed E-state index contributed by atoms with van der Waals surface area (Å²) >= 11 is 0. The maximum atomic E-state index is 13.0. The number of amides is 3. The Labute approximate surface area is 105 Å². The van der Waals surface area contributed by atoms with Gasteiger partial charge in [0.25, 0.3) is 0 Å². The van der Waals surface area contributed by atoms with Crippen LogP contribution in [0, 0.1) is 0 Å². The SMILES string of the molecule is NC(=O)[C@@H]1CC[C@H]2CN1C(=O)N2OC(F)(F)C(=O)O. The number of halogens is 2. The number of alkyl halides is 2. The number of hydroxylamine groups is 2. The molecule has 10 heteroatoms. The van der Waals surface area contributed by atoms with Crippen LogP contribution in [0.15, 0.2) is 0 Å². The average molecular weight is 279 g/mol. The summed E-state index contributed by atoms with van der Waals surface area (Å²) in [5, 5.41) is 8.58. The van der Waals surface area contributed by atoms with Crippen molar-refractivity contribution >= 4 is 17.9 Å². The molecule has 2 aliphatic heterocycles. The molecule has 0 aromatic rings. The summed E-state index contributed by atoms with van der Waals surface area (Å²) in [6, 6.07) is -2.57. The second kappa shape index (κ2) is 4.30. The highest BCUT2D eigenvalue weighted by molar-refractivity contribution is 5.87. The van der Waals surface area contributed by atoms with Gasteiger partial charge in [0.2, 0.25) is 5.91 Å². The first-order valence-corrected chi connectivity index (χ1v) is 5.43. The van der Waals surface area contributed by atoms with Crippen molar-refractivity contribution in [1.82, 2.24) is 9.96 Å². The third kappa shape index (κ3) is 2.18. The minimum absolute atomic E-state index is 0.00212. The molecule has 0 radical (unpaired) electrons. The van der Waals surface area contributed by atoms with Crippen LogP contribution < -0.4 is 5.73 Å². The van der Waals surface area contributed by atoms with E-state index in [-0.39, 0.29) is 19.4 Å². The molecule has 0 aromatic heterocycles. The predicted molar refractivity (Wildman–Crippen MR) is 53.6 cm³/mol. The van der Waals surface area contributed by atoms with E-state index in [1.807, 2.05) is 0 Å². The molecule has 2 saturated heterocycles. The summed E-state index contributed by atoms with van der Waals surface area (Å²) in [7, 11) is 0. The molecule has 3 amide bonds. The molecule has 0 saturated carbocycles. The van der Waals surface area contributed by atoms with Gasteiger partial charge in [-0.2, -0.15) is 18.7 Å². The molecule has 2 aliphatic rings. The average Bonchev–Trinajstić information content (AvgIpc) is 2.54. The smallest absolute Gasteiger partial charge is 0.475 e. The van der Waals surface area contributed by atoms with Crippen molar-refractivity contribution < 1.29 is 33.1 Å². The lowest BCUT2D eigenvalue weighted by Gasteiger charge is -2.27. The number of nitrogens with zero attached hydrogens (tertiary/aromatic N) is 2. The highest BCUT2D eigenvalue weighted by Gasteiger charge is 2.53. The number of carbonyl (C=O) groups excluding carboxylic acids is 2. The van der Waals surface area contributed by atoms with Crippen LogP contribution in [-0.2, 0) is 14.4 Å². The fourth-order valence-corrected chi connectivity index (χ4v) is 2.21. The summed E-state index contributed by atoms with van der Waals surface area (Å²) < 4.78 is 25.9. The number of piperidine rings is 1. The van der Waals surface area contributed by atoms with Crippen molar-refractivity contribution in [1.29, 1.82) is 0 Å². The summed E-state index contributed by atoms with van der Waals surface area (Å²) in [6.45, 7) is 0.00212. The molecule has 0 aliphatic carbocycles. The van der Waals surface area contributed by atoms with E-state index in [0.717, 1.165) is 4.90 Å². The van der Waals surface area contributed by atoms with E-state index in [1.54, 1.807) is 0 Å². The highest BCUT2D eigenvalue weighted by Crippen LogP contribution is 2.32. The zero-order valence-electron chi connectivity index (χ0n) is 9.58. The molecular formula is C9H11F2N3O5. The van der Waals surface area contributed by atoms with Gasteiger partial charge in [-0.25, -0.2) is 9.59 Å². The summed E-state index contributed by atoms with van der Waals surface area (Å²) in [6.07, 6.45) is -4.05. The van der Waals surface area contributed by atoms with Gasteiger partial charge < -0.3 is 15.7 Å². The van der Waals surface area contributed by atoms with E-state index >= 15 is 0 Å². The van der Waals surface area contributed by atoms with Crippen molar-refractivity contribution in [2.75, 3.05) is 6.54 Å². The standard InChI is InChI=1S/C9H11F2N3O5/c10-9(11,7(16)17)19-14-4-1-2-5(6(12)15)13(3-4)8(14)18/h4-5H,1-3H2,(H2,12,15)(H,16,17)/t4-,5-/m0/s1. The summed E-state index contributed by atoms with van der Waals surface area (Å²) in [4.78, 5) is 38.2. The number of urea groups is 1. The van der Waals surface area contributed by atoms with Gasteiger partial charge in [0, 0.05) is 6.54 Å². The highest BCUT2D eigenvalue weighted by atomic mass is 19.3. The third-order valence-corrected chi connectivity index (χ3v) is 3.11. The lowest BCUT2D eigenvalue weighted by Crippen LogP contribution is -2.48. The second-order valence-corrected chi connectivity index (χ2v) is 4.32. The van der Waals surface area contributed by atoms with Gasteiger partial charge in [0.05, 0.1) is 6.04 Å². The second-order valence-electron chi connectivity index (χ2n) is 4.32. The van der Waals surface area contributed by atoms with Gasteiger partial charge >= 0.3 is 18.1 Å². The third-order valence-electron chi connectivity index (χ3n) is 3.11. The molecule has 2 bridgehead atoms. The quantitative estimate of drug-likeness (QED) is 0.710. The fourth-order valence-electron chi connectivity index (χ4n) is 2.21. The van der Waals surface area contributed by atoms with E-state index in [2.05, 4.69) is 4.84 Å². The molecule has 106 valence electrons. The van der Waals surface area contributed by atoms with Gasteiger partial charge in [0.15, 0.2) is 0 Å². The first-order chi connectivity index (χ1) is 8.74. The van der Waals surface area contributed by atoms with Gasteiger partial charge in [-0.3, -0.25) is 4.79 Å². The molecule has 2 atom stereocenters. The van der Waals surface area contributed by atoms with Crippen LogP contribution in [0.2, 0.25) is 0 Å². The monoisotopic (exact) mass is 279 g/mol. The van der Waals surface area contributed by atoms with Crippen molar-refractivity contribution in [3.8, 4) is 0 Å². The Hall–Kier alpha value is -1.97. The predicted octanol–water partition coefficient (Wildman–Crippen LogP) is -0.651. The van der Waals surface area contributed by atoms with E-state index in [4.69, 9.17) is 10.8 Å². The Morgan fingerprint density at radius 1 is 1.42 bits per heavy atom. The van der Waals surface area contributed by atoms with Crippen molar-refractivity contribution in [2.45, 2.75) is 31.0 Å². The molecule has 2 heterocycles. The van der Waals surface area contributed by atoms with Crippen LogP contribution in [0.1, 0.15) is 12.8 Å². The fraction of sp³-hybridized carbons (Fsp3) is 0.667. The Balaban J connectivity index is 2.16. The number of primary amides is 1. The van der Waals surface area contributed by atoms with E-state index in [1.165, 1.54) is 0 Å². The first kappa shape index (κ1) is 13.5. The number of nitrogens with two attached hydrogens (primary N) is 1. The van der Waals surface area contributed by atoms with E-state index in [9.17, 15) is 23.2 Å². The first-order valence-electron chi connectivity index (χ1n) is 5.43. The molecule has 19 heavy (non-hydrogen) atoms. The number of fused-ring (bicyclic) bond motifs is 2. The summed E-state index contributed by atoms with van der Waals surface area (Å²) in [5.74, 6) is -3.23. The molecule has 0 aromatic carbocycles. The van der Waals surface area contributed by atoms with Crippen molar-refractivity contribution in [2.24, 2.45) is 5.73 Å². The number of rotatable bonds is 4. The van der Waals surface area contributed by atoms with Crippen molar-refractivity contribution in [3.63, 3.8) is 0 Å². The number of hydrogen-bond acceptors (Lipinski definition) is 4. The van der Waals surface area contributed by atoms with Gasteiger partial charge in [-0.05, 0) is 12.8 Å². The minimum Gasteiger partial charge on any atom is -0.475 e. The molecule has 2 fully saturated rings. The van der Waals surface area contributed by atoms with Crippen LogP contribution in [0.3, 0.4) is 0 Å². The molecule has 3 N–H and O–H groups in total. The van der Waals surface area contributed by atoms with Crippen LogP contribution in [0.5, 0.6) is 0 Å². The van der Waals surface area contributed by atoms with Gasteiger partial charge in [-0.1, -0.05) is 0 Å². The maximum Gasteiger partial charge on any atom is 0.476 e. The molecular weight excluding hydrogens is 268 g/mol. The van der Waals surface area contributed by atoms with Crippen LogP contribution in [0.25, 0.3) is 0 Å². The number of carboxylic acids is 1. The zero-order chi connectivity index (χ0) is 14.4. The Morgan fingerprint density at radius 2 is 2.05 bits per heavy atom. The Bertz CT molecular complexity index is 444. The van der Waals surface area contributed by atoms with Crippen molar-refractivity contribution in [3.05, 3.63) is 0 Å². The number of hydrogen-bond donors (Lipinski definition) is 2. The maximum absolute atomic E-state index is 13.0. The normalized spacial score (nSPS) is 26.7. The largest absolute Gasteiger partial charge is 0.476 e. The lowest BCUT2D eigenvalue weighted by atomic mass is 10.0. The number of aliphatic carboxylic acids is 1. The molecule has 0 spiro atoms. The van der Waals surface area contributed by atoms with Gasteiger partial charge in [-0.15, -0.1) is 0 Å². The van der Waals surface area contributed by atoms with Crippen LogP contribution in [-0.4, -0.2) is 57.7 Å². The van der Waals surface area contributed by atoms with Gasteiger partial charge in [0.1, 0.15) is 6.04 Å². The van der Waals surface area contributed by atoms with E-state index in [0.29, 0.717) is 5.06 Å².